The highest BCUT2D eigenvalue weighted by Gasteiger charge is 2.24. The Kier molecular flexibility index (Phi) is 4.18. The van der Waals surface area contributed by atoms with Crippen molar-refractivity contribution >= 4 is 28.3 Å². The number of thiophene rings is 1. The van der Waals surface area contributed by atoms with E-state index in [0.29, 0.717) is 23.2 Å². The molecule has 1 unspecified atom stereocenters. The molecule has 0 amide bonds. The molecule has 1 saturated heterocycles. The second-order valence-electron chi connectivity index (χ2n) is 4.72. The lowest BCUT2D eigenvalue weighted by atomic mass is 10.4. The largest absolute Gasteiger partial charge is 0.507 e. The third-order valence-corrected chi connectivity index (χ3v) is 6.16. The van der Waals surface area contributed by atoms with Gasteiger partial charge >= 0.3 is 0 Å². The number of aromatic nitrogens is 2. The third kappa shape index (κ3) is 3.07. The molecule has 21 heavy (non-hydrogen) atoms. The van der Waals surface area contributed by atoms with Gasteiger partial charge in [-0.3, -0.25) is 0 Å². The summed E-state index contributed by atoms with van der Waals surface area (Å²) in [5.74, 6) is 0.937. The minimum atomic E-state index is -1.21. The fourth-order valence-corrected chi connectivity index (χ4v) is 4.74. The Morgan fingerprint density at radius 1 is 1.24 bits per heavy atom. The SMILES string of the molecule is Cc1sc(S(=O)N2CCN(c3ncccn3)CC2)cc1O. The Morgan fingerprint density at radius 2 is 1.90 bits per heavy atom. The maximum absolute atomic E-state index is 12.5. The zero-order valence-corrected chi connectivity index (χ0v) is 13.2. The van der Waals surface area contributed by atoms with Crippen molar-refractivity contribution in [2.75, 3.05) is 31.1 Å². The first-order valence-corrected chi connectivity index (χ1v) is 8.55. The second-order valence-corrected chi connectivity index (χ2v) is 7.69. The molecule has 2 aromatic rings. The molecule has 0 aliphatic carbocycles. The van der Waals surface area contributed by atoms with Crippen molar-refractivity contribution in [2.24, 2.45) is 0 Å². The molecule has 6 nitrogen and oxygen atoms in total. The van der Waals surface area contributed by atoms with Gasteiger partial charge in [0.2, 0.25) is 5.95 Å². The topological polar surface area (TPSA) is 69.6 Å². The van der Waals surface area contributed by atoms with Gasteiger partial charge in [-0.1, -0.05) is 0 Å². The van der Waals surface area contributed by atoms with Gasteiger partial charge in [0.25, 0.3) is 0 Å². The van der Waals surface area contributed by atoms with Gasteiger partial charge in [-0.15, -0.1) is 11.3 Å². The Morgan fingerprint density at radius 3 is 2.48 bits per heavy atom. The molecule has 1 atom stereocenters. The molecule has 3 heterocycles. The molecule has 0 saturated carbocycles. The average Bonchev–Trinajstić information content (AvgIpc) is 2.87. The highest BCUT2D eigenvalue weighted by molar-refractivity contribution is 7.85. The normalized spacial score (nSPS) is 17.9. The molecular formula is C13H16N4O2S2. The van der Waals surface area contributed by atoms with E-state index in [9.17, 15) is 9.32 Å². The predicted molar refractivity (Wildman–Crippen MR) is 82.9 cm³/mol. The van der Waals surface area contributed by atoms with E-state index < -0.39 is 11.0 Å². The number of hydrogen-bond donors (Lipinski definition) is 1. The van der Waals surface area contributed by atoms with Crippen LogP contribution in [0.1, 0.15) is 4.88 Å². The van der Waals surface area contributed by atoms with Gasteiger partial charge in [0.05, 0.1) is 0 Å². The third-order valence-electron chi connectivity index (χ3n) is 3.35. The molecule has 1 aliphatic heterocycles. The lowest BCUT2D eigenvalue weighted by Crippen LogP contribution is -2.47. The zero-order valence-electron chi connectivity index (χ0n) is 11.6. The fourth-order valence-electron chi connectivity index (χ4n) is 2.17. The van der Waals surface area contributed by atoms with Crippen molar-refractivity contribution in [1.29, 1.82) is 0 Å². The quantitative estimate of drug-likeness (QED) is 0.924. The Bertz CT molecular complexity index is 619. The molecule has 0 bridgehead atoms. The van der Waals surface area contributed by atoms with E-state index >= 15 is 0 Å². The van der Waals surface area contributed by atoms with Crippen LogP contribution >= 0.6 is 11.3 Å². The Hall–Kier alpha value is -1.51. The number of nitrogens with zero attached hydrogens (tertiary/aromatic N) is 4. The maximum Gasteiger partial charge on any atom is 0.225 e. The van der Waals surface area contributed by atoms with E-state index in [-0.39, 0.29) is 5.75 Å². The summed E-state index contributed by atoms with van der Waals surface area (Å²) in [7, 11) is -1.21. The number of aryl methyl sites for hydroxylation is 1. The molecule has 1 N–H and O–H groups in total. The van der Waals surface area contributed by atoms with Crippen LogP contribution in [0, 0.1) is 6.92 Å². The minimum absolute atomic E-state index is 0.222. The van der Waals surface area contributed by atoms with Crippen LogP contribution in [0.4, 0.5) is 5.95 Å². The van der Waals surface area contributed by atoms with Crippen LogP contribution in [0.5, 0.6) is 5.75 Å². The summed E-state index contributed by atoms with van der Waals surface area (Å²) in [5.41, 5.74) is 0. The van der Waals surface area contributed by atoms with E-state index in [1.54, 1.807) is 24.5 Å². The molecular weight excluding hydrogens is 308 g/mol. The van der Waals surface area contributed by atoms with Crippen LogP contribution in [0.2, 0.25) is 0 Å². The number of piperazine rings is 1. The predicted octanol–water partition coefficient (Wildman–Crippen LogP) is 1.40. The van der Waals surface area contributed by atoms with Crippen molar-refractivity contribution in [3.05, 3.63) is 29.4 Å². The molecule has 0 aromatic carbocycles. The summed E-state index contributed by atoms with van der Waals surface area (Å²) in [5, 5.41) is 9.61. The highest BCUT2D eigenvalue weighted by atomic mass is 32.2. The molecule has 1 aliphatic rings. The maximum atomic E-state index is 12.5. The van der Waals surface area contributed by atoms with Gasteiger partial charge in [-0.05, 0) is 13.0 Å². The summed E-state index contributed by atoms with van der Waals surface area (Å²) >= 11 is 1.38. The van der Waals surface area contributed by atoms with Gasteiger partial charge in [0.1, 0.15) is 20.9 Å². The minimum Gasteiger partial charge on any atom is -0.507 e. The van der Waals surface area contributed by atoms with Gasteiger partial charge in [-0.25, -0.2) is 18.5 Å². The Labute approximate surface area is 129 Å². The van der Waals surface area contributed by atoms with Crippen molar-refractivity contribution < 1.29 is 9.32 Å². The number of anilines is 1. The molecule has 112 valence electrons. The molecule has 2 aromatic heterocycles. The number of aromatic hydroxyl groups is 1. The number of hydrogen-bond acceptors (Lipinski definition) is 6. The molecule has 1 fully saturated rings. The van der Waals surface area contributed by atoms with Crippen molar-refractivity contribution in [3.8, 4) is 5.75 Å². The standard InChI is InChI=1S/C13H16N4O2S2/c1-10-11(18)9-12(20-10)21(19)17-7-5-16(6-8-17)13-14-3-2-4-15-13/h2-4,9,18H,5-8H2,1H3. The van der Waals surface area contributed by atoms with Gasteiger partial charge < -0.3 is 10.0 Å². The molecule has 0 spiro atoms. The summed E-state index contributed by atoms with van der Waals surface area (Å²) in [6, 6.07) is 3.39. The summed E-state index contributed by atoms with van der Waals surface area (Å²) in [6.07, 6.45) is 3.45. The van der Waals surface area contributed by atoms with E-state index in [0.717, 1.165) is 18.0 Å². The van der Waals surface area contributed by atoms with Crippen LogP contribution in [0.15, 0.2) is 28.7 Å². The summed E-state index contributed by atoms with van der Waals surface area (Å²) < 4.78 is 15.1. The molecule has 3 rings (SSSR count). The van der Waals surface area contributed by atoms with Gasteiger partial charge in [0.15, 0.2) is 0 Å². The summed E-state index contributed by atoms with van der Waals surface area (Å²) in [4.78, 5) is 11.4. The molecule has 0 radical (unpaired) electrons. The number of rotatable bonds is 3. The zero-order chi connectivity index (χ0) is 14.8. The van der Waals surface area contributed by atoms with Crippen LogP contribution in [-0.4, -0.2) is 49.8 Å². The first-order chi connectivity index (χ1) is 10.1. The lowest BCUT2D eigenvalue weighted by Gasteiger charge is -2.33. The van der Waals surface area contributed by atoms with E-state index in [1.165, 1.54) is 11.3 Å². The average molecular weight is 324 g/mol. The first kappa shape index (κ1) is 14.4. The van der Waals surface area contributed by atoms with Crippen molar-refractivity contribution in [3.63, 3.8) is 0 Å². The van der Waals surface area contributed by atoms with Crippen LogP contribution < -0.4 is 4.90 Å². The van der Waals surface area contributed by atoms with E-state index in [4.69, 9.17) is 0 Å². The fraction of sp³-hybridized carbons (Fsp3) is 0.385. The Balaban J connectivity index is 1.64. The summed E-state index contributed by atoms with van der Waals surface area (Å²) in [6.45, 7) is 4.68. The molecule has 8 heteroatoms. The van der Waals surface area contributed by atoms with E-state index in [1.807, 2.05) is 11.2 Å². The van der Waals surface area contributed by atoms with Crippen LogP contribution in [0.25, 0.3) is 0 Å². The smallest absolute Gasteiger partial charge is 0.225 e. The highest BCUT2D eigenvalue weighted by Crippen LogP contribution is 2.30. The van der Waals surface area contributed by atoms with Crippen molar-refractivity contribution in [2.45, 2.75) is 11.1 Å². The van der Waals surface area contributed by atoms with Crippen LogP contribution in [-0.2, 0) is 11.0 Å². The van der Waals surface area contributed by atoms with Gasteiger partial charge in [0, 0.05) is 49.5 Å². The first-order valence-electron chi connectivity index (χ1n) is 6.63. The van der Waals surface area contributed by atoms with Crippen LogP contribution in [0.3, 0.4) is 0 Å². The van der Waals surface area contributed by atoms with Crippen molar-refractivity contribution in [1.82, 2.24) is 14.3 Å². The van der Waals surface area contributed by atoms with Gasteiger partial charge in [-0.2, -0.15) is 0 Å². The van der Waals surface area contributed by atoms with E-state index in [2.05, 4.69) is 14.9 Å². The lowest BCUT2D eigenvalue weighted by molar-refractivity contribution is 0.407. The monoisotopic (exact) mass is 324 g/mol. The second kappa shape index (κ2) is 6.08.